The second kappa shape index (κ2) is 7.39. The van der Waals surface area contributed by atoms with E-state index in [1.54, 1.807) is 17.0 Å². The maximum Gasteiger partial charge on any atom is 0.410 e. The average Bonchev–Trinajstić information content (AvgIpc) is 2.47. The van der Waals surface area contributed by atoms with E-state index in [9.17, 15) is 9.18 Å². The highest BCUT2D eigenvalue weighted by molar-refractivity contribution is 6.31. The third-order valence-corrected chi connectivity index (χ3v) is 4.00. The number of ether oxygens (including phenoxy) is 1. The Hall–Kier alpha value is -1.49. The summed E-state index contributed by atoms with van der Waals surface area (Å²) >= 11 is 5.78. The molecule has 1 aliphatic rings. The Labute approximate surface area is 141 Å². The molecule has 2 rings (SSSR count). The number of nitrogens with one attached hydrogen (secondary N) is 1. The number of halogens is 2. The highest BCUT2D eigenvalue weighted by Gasteiger charge is 2.27. The van der Waals surface area contributed by atoms with E-state index < -0.39 is 11.4 Å². The Balaban J connectivity index is 1.89. The van der Waals surface area contributed by atoms with Gasteiger partial charge in [-0.2, -0.15) is 0 Å². The number of carbonyl (C=O) groups excluding carboxylic acids is 1. The van der Waals surface area contributed by atoms with Crippen LogP contribution in [-0.4, -0.2) is 36.2 Å². The number of nitrogens with zero attached hydrogens (tertiary/aromatic N) is 1. The van der Waals surface area contributed by atoms with Crippen LogP contribution in [0.5, 0.6) is 0 Å². The predicted molar refractivity (Wildman–Crippen MR) is 90.4 cm³/mol. The van der Waals surface area contributed by atoms with Crippen LogP contribution in [-0.2, 0) is 4.74 Å². The molecule has 1 unspecified atom stereocenters. The molecule has 0 radical (unpaired) electrons. The van der Waals surface area contributed by atoms with Crippen molar-refractivity contribution < 1.29 is 13.9 Å². The van der Waals surface area contributed by atoms with Gasteiger partial charge in [0.05, 0.1) is 10.7 Å². The highest BCUT2D eigenvalue weighted by Crippen LogP contribution is 2.24. The van der Waals surface area contributed by atoms with Gasteiger partial charge in [0.1, 0.15) is 5.60 Å². The van der Waals surface area contributed by atoms with E-state index in [0.29, 0.717) is 25.3 Å². The van der Waals surface area contributed by atoms with Crippen molar-refractivity contribution in [2.75, 3.05) is 25.0 Å². The quantitative estimate of drug-likeness (QED) is 0.876. The molecule has 1 fully saturated rings. The molecule has 23 heavy (non-hydrogen) atoms. The molecule has 128 valence electrons. The minimum absolute atomic E-state index is 0.106. The molecule has 1 aliphatic heterocycles. The standard InChI is InChI=1S/C17H24ClFN2O2/c1-17(2,3)23-16(22)21-9-5-6-12(11-21)10-20-14-8-4-7-13(18)15(14)19/h4,7-8,12,20H,5-6,9-11H2,1-3H3. The first-order valence-electron chi connectivity index (χ1n) is 7.92. The molecule has 1 atom stereocenters. The number of piperidine rings is 1. The number of benzene rings is 1. The van der Waals surface area contributed by atoms with Crippen LogP contribution in [0.2, 0.25) is 5.02 Å². The molecule has 0 spiro atoms. The summed E-state index contributed by atoms with van der Waals surface area (Å²) in [6, 6.07) is 4.89. The van der Waals surface area contributed by atoms with E-state index in [1.807, 2.05) is 20.8 Å². The summed E-state index contributed by atoms with van der Waals surface area (Å²) < 4.78 is 19.3. The van der Waals surface area contributed by atoms with Gasteiger partial charge in [0.2, 0.25) is 0 Å². The smallest absolute Gasteiger partial charge is 0.410 e. The van der Waals surface area contributed by atoms with Gasteiger partial charge in [-0.05, 0) is 51.7 Å². The zero-order chi connectivity index (χ0) is 17.0. The van der Waals surface area contributed by atoms with Gasteiger partial charge in [-0.1, -0.05) is 17.7 Å². The lowest BCUT2D eigenvalue weighted by atomic mass is 9.98. The molecule has 1 aromatic rings. The van der Waals surface area contributed by atoms with E-state index in [1.165, 1.54) is 6.07 Å². The molecule has 0 aliphatic carbocycles. The molecule has 1 amide bonds. The van der Waals surface area contributed by atoms with Crippen molar-refractivity contribution in [2.24, 2.45) is 5.92 Å². The van der Waals surface area contributed by atoms with Crippen LogP contribution in [0, 0.1) is 11.7 Å². The number of rotatable bonds is 3. The lowest BCUT2D eigenvalue weighted by Crippen LogP contribution is -2.44. The second-order valence-electron chi connectivity index (χ2n) is 6.92. The average molecular weight is 343 g/mol. The van der Waals surface area contributed by atoms with Gasteiger partial charge in [0.15, 0.2) is 5.82 Å². The van der Waals surface area contributed by atoms with Crippen molar-refractivity contribution in [1.29, 1.82) is 0 Å². The van der Waals surface area contributed by atoms with Crippen LogP contribution in [0.1, 0.15) is 33.6 Å². The van der Waals surface area contributed by atoms with Gasteiger partial charge < -0.3 is 15.0 Å². The van der Waals surface area contributed by atoms with Gasteiger partial charge >= 0.3 is 6.09 Å². The Bertz CT molecular complexity index is 560. The number of hydrogen-bond donors (Lipinski definition) is 1. The molecule has 0 saturated carbocycles. The Morgan fingerprint density at radius 1 is 1.48 bits per heavy atom. The molecule has 6 heteroatoms. The Morgan fingerprint density at radius 2 is 2.22 bits per heavy atom. The number of likely N-dealkylation sites (tertiary alicyclic amines) is 1. The largest absolute Gasteiger partial charge is 0.444 e. The van der Waals surface area contributed by atoms with Crippen LogP contribution < -0.4 is 5.32 Å². The first kappa shape index (κ1) is 17.9. The van der Waals surface area contributed by atoms with Gasteiger partial charge in [-0.15, -0.1) is 0 Å². The Morgan fingerprint density at radius 3 is 2.91 bits per heavy atom. The topological polar surface area (TPSA) is 41.6 Å². The zero-order valence-electron chi connectivity index (χ0n) is 13.9. The molecule has 4 nitrogen and oxygen atoms in total. The molecule has 1 heterocycles. The molecular formula is C17H24ClFN2O2. The minimum atomic E-state index is -0.494. The van der Waals surface area contributed by atoms with E-state index in [4.69, 9.17) is 16.3 Å². The third-order valence-electron chi connectivity index (χ3n) is 3.70. The van der Waals surface area contributed by atoms with Crippen molar-refractivity contribution in [2.45, 2.75) is 39.2 Å². The fourth-order valence-corrected chi connectivity index (χ4v) is 2.79. The van der Waals surface area contributed by atoms with Crippen LogP contribution in [0.4, 0.5) is 14.9 Å². The lowest BCUT2D eigenvalue weighted by molar-refractivity contribution is 0.0172. The van der Waals surface area contributed by atoms with Gasteiger partial charge in [-0.3, -0.25) is 0 Å². The fourth-order valence-electron chi connectivity index (χ4n) is 2.62. The number of hydrogen-bond acceptors (Lipinski definition) is 3. The summed E-state index contributed by atoms with van der Waals surface area (Å²) in [5, 5.41) is 3.20. The number of anilines is 1. The summed E-state index contributed by atoms with van der Waals surface area (Å²) in [4.78, 5) is 13.9. The predicted octanol–water partition coefficient (Wildman–Crippen LogP) is 4.54. The third kappa shape index (κ3) is 5.27. The van der Waals surface area contributed by atoms with Crippen molar-refractivity contribution in [3.63, 3.8) is 0 Å². The van der Waals surface area contributed by atoms with Crippen molar-refractivity contribution in [3.05, 3.63) is 29.0 Å². The fraction of sp³-hybridized carbons (Fsp3) is 0.588. The molecule has 0 bridgehead atoms. The summed E-state index contributed by atoms with van der Waals surface area (Å²) in [7, 11) is 0. The first-order valence-corrected chi connectivity index (χ1v) is 8.30. The van der Waals surface area contributed by atoms with E-state index in [0.717, 1.165) is 12.8 Å². The summed E-state index contributed by atoms with van der Waals surface area (Å²) in [5.74, 6) is -0.177. The van der Waals surface area contributed by atoms with E-state index in [-0.39, 0.29) is 17.0 Å². The van der Waals surface area contributed by atoms with E-state index >= 15 is 0 Å². The maximum absolute atomic E-state index is 13.9. The maximum atomic E-state index is 13.9. The SMILES string of the molecule is CC(C)(C)OC(=O)N1CCCC(CNc2cccc(Cl)c2F)C1. The van der Waals surface area contributed by atoms with Crippen molar-refractivity contribution in [3.8, 4) is 0 Å². The summed E-state index contributed by atoms with van der Waals surface area (Å²) in [6.07, 6.45) is 1.63. The monoisotopic (exact) mass is 342 g/mol. The normalized spacial score (nSPS) is 18.7. The van der Waals surface area contributed by atoms with Crippen LogP contribution in [0.15, 0.2) is 18.2 Å². The molecular weight excluding hydrogens is 319 g/mol. The summed E-state index contributed by atoms with van der Waals surface area (Å²) in [6.45, 7) is 7.49. The van der Waals surface area contributed by atoms with E-state index in [2.05, 4.69) is 5.32 Å². The lowest BCUT2D eigenvalue weighted by Gasteiger charge is -2.34. The summed E-state index contributed by atoms with van der Waals surface area (Å²) in [5.41, 5.74) is -0.0986. The Kier molecular flexibility index (Phi) is 5.74. The molecule has 1 aromatic carbocycles. The van der Waals surface area contributed by atoms with Gasteiger partial charge in [0, 0.05) is 19.6 Å². The van der Waals surface area contributed by atoms with Crippen molar-refractivity contribution in [1.82, 2.24) is 4.90 Å². The zero-order valence-corrected chi connectivity index (χ0v) is 14.6. The second-order valence-corrected chi connectivity index (χ2v) is 7.32. The first-order chi connectivity index (χ1) is 10.8. The van der Waals surface area contributed by atoms with Gasteiger partial charge in [-0.25, -0.2) is 9.18 Å². The minimum Gasteiger partial charge on any atom is -0.444 e. The molecule has 1 N–H and O–H groups in total. The van der Waals surface area contributed by atoms with Crippen molar-refractivity contribution >= 4 is 23.4 Å². The number of amides is 1. The molecule has 1 saturated heterocycles. The van der Waals surface area contributed by atoms with Crippen LogP contribution in [0.3, 0.4) is 0 Å². The van der Waals surface area contributed by atoms with Crippen LogP contribution in [0.25, 0.3) is 0 Å². The van der Waals surface area contributed by atoms with Crippen LogP contribution >= 0.6 is 11.6 Å². The molecule has 0 aromatic heterocycles. The highest BCUT2D eigenvalue weighted by atomic mass is 35.5. The number of carbonyl (C=O) groups is 1. The van der Waals surface area contributed by atoms with Gasteiger partial charge in [0.25, 0.3) is 0 Å².